The van der Waals surface area contributed by atoms with Gasteiger partial charge in [-0.15, -0.1) is 0 Å². The third-order valence-corrected chi connectivity index (χ3v) is 3.47. The molecule has 0 radical (unpaired) electrons. The first-order valence-electron chi connectivity index (χ1n) is 7.89. The van der Waals surface area contributed by atoms with Crippen LogP contribution in [0.1, 0.15) is 55.2 Å². The molecule has 1 heterocycles. The molecule has 1 aromatic heterocycles. The maximum Gasteiger partial charge on any atom is 0.270 e. The number of nitrogens with one attached hydrogen (secondary N) is 2. The molecule has 0 aliphatic carbocycles. The molecule has 0 unspecified atom stereocenters. The van der Waals surface area contributed by atoms with Crippen LogP contribution in [0.2, 0.25) is 0 Å². The molecule has 0 aliphatic rings. The Bertz CT molecular complexity index is 695. The summed E-state index contributed by atoms with van der Waals surface area (Å²) in [5.74, 6) is 0.613. The number of aryl methyl sites for hydroxylation is 1. The Hall–Kier alpha value is -2.43. The number of rotatable bonds is 5. The van der Waals surface area contributed by atoms with E-state index in [1.54, 1.807) is 12.3 Å². The highest BCUT2D eigenvalue weighted by atomic mass is 16.1. The predicted molar refractivity (Wildman–Crippen MR) is 93.2 cm³/mol. The van der Waals surface area contributed by atoms with E-state index in [0.29, 0.717) is 17.6 Å². The van der Waals surface area contributed by atoms with Crippen LogP contribution in [-0.4, -0.2) is 21.9 Å². The quantitative estimate of drug-likeness (QED) is 0.881. The molecule has 0 bridgehead atoms. The normalized spacial score (nSPS) is 10.9. The summed E-state index contributed by atoms with van der Waals surface area (Å²) in [6.07, 6.45) is 1.60. The zero-order valence-corrected chi connectivity index (χ0v) is 14.3. The lowest BCUT2D eigenvalue weighted by atomic mass is 9.98. The van der Waals surface area contributed by atoms with Gasteiger partial charge in [-0.1, -0.05) is 32.0 Å². The number of carbonyl (C=O) groups is 1. The van der Waals surface area contributed by atoms with E-state index in [-0.39, 0.29) is 11.9 Å². The minimum atomic E-state index is -0.195. The minimum absolute atomic E-state index is 0.0674. The Kier molecular flexibility index (Phi) is 5.32. The number of nitrogens with zero attached hydrogens (tertiary/aromatic N) is 2. The van der Waals surface area contributed by atoms with Crippen molar-refractivity contribution in [1.29, 1.82) is 0 Å². The maximum atomic E-state index is 12.1. The topological polar surface area (TPSA) is 66.9 Å². The van der Waals surface area contributed by atoms with Gasteiger partial charge < -0.3 is 10.6 Å². The first-order chi connectivity index (χ1) is 10.9. The summed E-state index contributed by atoms with van der Waals surface area (Å²) in [4.78, 5) is 20.6. The van der Waals surface area contributed by atoms with E-state index >= 15 is 0 Å². The van der Waals surface area contributed by atoms with Crippen LogP contribution in [-0.2, 0) is 0 Å². The number of hydrogen-bond acceptors (Lipinski definition) is 4. The number of carbonyl (C=O) groups excluding carboxylic acids is 1. The second-order valence-electron chi connectivity index (χ2n) is 6.21. The molecule has 23 heavy (non-hydrogen) atoms. The largest absolute Gasteiger partial charge is 0.349 e. The van der Waals surface area contributed by atoms with E-state index in [4.69, 9.17) is 0 Å². The zero-order valence-electron chi connectivity index (χ0n) is 14.3. The summed E-state index contributed by atoms with van der Waals surface area (Å²) in [6, 6.07) is 7.87. The van der Waals surface area contributed by atoms with Crippen molar-refractivity contribution in [2.24, 2.45) is 0 Å². The molecule has 0 spiro atoms. The Morgan fingerprint density at radius 3 is 2.52 bits per heavy atom. The summed E-state index contributed by atoms with van der Waals surface area (Å²) >= 11 is 0. The SMILES string of the molecule is Cc1cccc(C(C)C)c1Nc1nccc(C(=O)NC(C)C)n1. The van der Waals surface area contributed by atoms with Crippen molar-refractivity contribution >= 4 is 17.5 Å². The van der Waals surface area contributed by atoms with Gasteiger partial charge in [-0.05, 0) is 43.9 Å². The summed E-state index contributed by atoms with van der Waals surface area (Å²) in [5, 5.41) is 6.10. The number of benzene rings is 1. The van der Waals surface area contributed by atoms with Crippen molar-refractivity contribution in [3.8, 4) is 0 Å². The lowest BCUT2D eigenvalue weighted by Crippen LogP contribution is -2.30. The fourth-order valence-electron chi connectivity index (χ4n) is 2.34. The predicted octanol–water partition coefficient (Wildman–Crippen LogP) is 3.79. The molecule has 122 valence electrons. The summed E-state index contributed by atoms with van der Waals surface area (Å²) in [6.45, 7) is 10.2. The van der Waals surface area contributed by atoms with Gasteiger partial charge >= 0.3 is 0 Å². The standard InChI is InChI=1S/C18H24N4O/c1-11(2)14-8-6-7-13(5)16(14)22-18-19-10-9-15(21-18)17(23)20-12(3)4/h6-12H,1-5H3,(H,20,23)(H,19,21,22). The fraction of sp³-hybridized carbons (Fsp3) is 0.389. The van der Waals surface area contributed by atoms with Gasteiger partial charge in [-0.3, -0.25) is 4.79 Å². The van der Waals surface area contributed by atoms with Crippen LogP contribution in [0.15, 0.2) is 30.5 Å². The van der Waals surface area contributed by atoms with Crippen molar-refractivity contribution in [2.45, 2.75) is 46.6 Å². The summed E-state index contributed by atoms with van der Waals surface area (Å²) in [7, 11) is 0. The van der Waals surface area contributed by atoms with Gasteiger partial charge in [0.25, 0.3) is 5.91 Å². The number of anilines is 2. The van der Waals surface area contributed by atoms with Gasteiger partial charge in [-0.2, -0.15) is 0 Å². The maximum absolute atomic E-state index is 12.1. The molecule has 1 amide bonds. The van der Waals surface area contributed by atoms with E-state index in [9.17, 15) is 4.79 Å². The first kappa shape index (κ1) is 16.9. The zero-order chi connectivity index (χ0) is 17.0. The van der Waals surface area contributed by atoms with E-state index in [1.807, 2.05) is 32.9 Å². The molecule has 2 rings (SSSR count). The molecule has 5 nitrogen and oxygen atoms in total. The number of amides is 1. The number of para-hydroxylation sites is 1. The third-order valence-electron chi connectivity index (χ3n) is 3.47. The minimum Gasteiger partial charge on any atom is -0.349 e. The van der Waals surface area contributed by atoms with Crippen LogP contribution in [0, 0.1) is 6.92 Å². The van der Waals surface area contributed by atoms with Crippen molar-refractivity contribution in [3.63, 3.8) is 0 Å². The molecular formula is C18H24N4O. The Balaban J connectivity index is 2.30. The molecule has 2 N–H and O–H groups in total. The van der Waals surface area contributed by atoms with Gasteiger partial charge in [0.05, 0.1) is 0 Å². The highest BCUT2D eigenvalue weighted by molar-refractivity contribution is 5.92. The molecular weight excluding hydrogens is 288 g/mol. The molecule has 1 aromatic carbocycles. The molecule has 0 saturated carbocycles. The molecule has 0 atom stereocenters. The van der Waals surface area contributed by atoms with Crippen molar-refractivity contribution in [2.75, 3.05) is 5.32 Å². The molecule has 5 heteroatoms. The second kappa shape index (κ2) is 7.22. The van der Waals surface area contributed by atoms with E-state index in [2.05, 4.69) is 40.5 Å². The van der Waals surface area contributed by atoms with Gasteiger partial charge in [-0.25, -0.2) is 9.97 Å². The summed E-state index contributed by atoms with van der Waals surface area (Å²) < 4.78 is 0. The van der Waals surface area contributed by atoms with Gasteiger partial charge in [0.2, 0.25) is 5.95 Å². The second-order valence-corrected chi connectivity index (χ2v) is 6.21. The van der Waals surface area contributed by atoms with Crippen LogP contribution >= 0.6 is 0 Å². The van der Waals surface area contributed by atoms with Gasteiger partial charge in [0, 0.05) is 17.9 Å². The van der Waals surface area contributed by atoms with Crippen LogP contribution in [0.5, 0.6) is 0 Å². The van der Waals surface area contributed by atoms with Gasteiger partial charge in [0.15, 0.2) is 0 Å². The highest BCUT2D eigenvalue weighted by Crippen LogP contribution is 2.29. The van der Waals surface area contributed by atoms with Crippen molar-refractivity contribution in [3.05, 3.63) is 47.3 Å². The van der Waals surface area contributed by atoms with Crippen molar-refractivity contribution < 1.29 is 4.79 Å². The van der Waals surface area contributed by atoms with Gasteiger partial charge in [0.1, 0.15) is 5.69 Å². The molecule has 0 aliphatic heterocycles. The fourth-order valence-corrected chi connectivity index (χ4v) is 2.34. The summed E-state index contributed by atoms with van der Waals surface area (Å²) in [5.41, 5.74) is 3.68. The van der Waals surface area contributed by atoms with Crippen LogP contribution in [0.4, 0.5) is 11.6 Å². The monoisotopic (exact) mass is 312 g/mol. The van der Waals surface area contributed by atoms with E-state index in [0.717, 1.165) is 11.3 Å². The average molecular weight is 312 g/mol. The van der Waals surface area contributed by atoms with E-state index in [1.165, 1.54) is 5.56 Å². The lowest BCUT2D eigenvalue weighted by Gasteiger charge is -2.16. The van der Waals surface area contributed by atoms with Crippen LogP contribution in [0.3, 0.4) is 0 Å². The Labute approximate surface area is 137 Å². The molecule has 0 fully saturated rings. The number of aromatic nitrogens is 2. The Morgan fingerprint density at radius 1 is 1.13 bits per heavy atom. The Morgan fingerprint density at radius 2 is 1.87 bits per heavy atom. The molecule has 2 aromatic rings. The third kappa shape index (κ3) is 4.28. The van der Waals surface area contributed by atoms with E-state index < -0.39 is 0 Å². The smallest absolute Gasteiger partial charge is 0.270 e. The van der Waals surface area contributed by atoms with Crippen LogP contribution in [0.25, 0.3) is 0 Å². The highest BCUT2D eigenvalue weighted by Gasteiger charge is 2.13. The number of hydrogen-bond donors (Lipinski definition) is 2. The first-order valence-corrected chi connectivity index (χ1v) is 7.89. The van der Waals surface area contributed by atoms with Crippen molar-refractivity contribution in [1.82, 2.24) is 15.3 Å². The molecule has 0 saturated heterocycles. The lowest BCUT2D eigenvalue weighted by molar-refractivity contribution is 0.0938. The van der Waals surface area contributed by atoms with Crippen LogP contribution < -0.4 is 10.6 Å². The average Bonchev–Trinajstić information content (AvgIpc) is 2.48.